The molecule has 2 nitrogen and oxygen atoms in total. The highest BCUT2D eigenvalue weighted by Gasteiger charge is 2.48. The maximum Gasteiger partial charge on any atom is 0.119 e. The van der Waals surface area contributed by atoms with Gasteiger partial charge in [0, 0.05) is 6.54 Å². The Morgan fingerprint density at radius 2 is 1.74 bits per heavy atom. The number of hydrogen-bond acceptors (Lipinski definition) is 2. The van der Waals surface area contributed by atoms with Crippen molar-refractivity contribution in [2.45, 2.75) is 38.0 Å². The van der Waals surface area contributed by atoms with Gasteiger partial charge in [0.05, 0.1) is 12.6 Å². The highest BCUT2D eigenvalue weighted by atomic mass is 16.5. The van der Waals surface area contributed by atoms with E-state index in [9.17, 15) is 0 Å². The molecule has 0 unspecified atom stereocenters. The van der Waals surface area contributed by atoms with E-state index in [0.717, 1.165) is 19.6 Å². The minimum absolute atomic E-state index is 0.0990. The van der Waals surface area contributed by atoms with Crippen molar-refractivity contribution in [3.63, 3.8) is 0 Å². The molecule has 0 bridgehead atoms. The Morgan fingerprint density at radius 3 is 2.48 bits per heavy atom. The Morgan fingerprint density at radius 1 is 1.04 bits per heavy atom. The number of hydrogen-bond donors (Lipinski definition) is 0. The van der Waals surface area contributed by atoms with Crippen molar-refractivity contribution in [1.82, 2.24) is 4.90 Å². The molecule has 2 heteroatoms. The van der Waals surface area contributed by atoms with Crippen LogP contribution in [0, 0.1) is 5.92 Å². The Bertz CT molecular complexity index is 641. The Kier molecular flexibility index (Phi) is 3.96. The average molecular weight is 307 g/mol. The molecule has 2 aromatic rings. The van der Waals surface area contributed by atoms with Crippen molar-refractivity contribution in [2.75, 3.05) is 13.2 Å². The molecule has 2 fully saturated rings. The summed E-state index contributed by atoms with van der Waals surface area (Å²) in [6.45, 7) is 4.24. The zero-order valence-electron chi connectivity index (χ0n) is 13.8. The fourth-order valence-electron chi connectivity index (χ4n) is 4.36. The average Bonchev–Trinajstić information content (AvgIpc) is 2.93. The molecule has 2 saturated heterocycles. The highest BCUT2D eigenvalue weighted by molar-refractivity contribution is 5.21. The van der Waals surface area contributed by atoms with Crippen LogP contribution in [0.25, 0.3) is 0 Å². The summed E-state index contributed by atoms with van der Waals surface area (Å²) in [5.41, 5.74) is 2.74. The summed E-state index contributed by atoms with van der Waals surface area (Å²) in [4.78, 5) is 2.59. The van der Waals surface area contributed by atoms with E-state index in [4.69, 9.17) is 4.74 Å². The molecule has 23 heavy (non-hydrogen) atoms. The molecule has 2 heterocycles. The molecule has 4 rings (SSSR count). The first-order valence-electron chi connectivity index (χ1n) is 8.74. The van der Waals surface area contributed by atoms with Gasteiger partial charge in [-0.3, -0.25) is 4.90 Å². The van der Waals surface area contributed by atoms with Gasteiger partial charge in [0.1, 0.15) is 5.72 Å². The summed E-state index contributed by atoms with van der Waals surface area (Å²) < 4.78 is 6.31. The van der Waals surface area contributed by atoms with E-state index >= 15 is 0 Å². The molecule has 0 amide bonds. The molecular weight excluding hydrogens is 282 g/mol. The van der Waals surface area contributed by atoms with Gasteiger partial charge in [-0.15, -0.1) is 0 Å². The van der Waals surface area contributed by atoms with Crippen LogP contribution in [-0.2, 0) is 11.2 Å². The summed E-state index contributed by atoms with van der Waals surface area (Å²) in [5, 5.41) is 0. The van der Waals surface area contributed by atoms with E-state index in [1.54, 1.807) is 0 Å². The van der Waals surface area contributed by atoms with E-state index < -0.39 is 0 Å². The van der Waals surface area contributed by atoms with Crippen molar-refractivity contribution in [3.05, 3.63) is 71.8 Å². The summed E-state index contributed by atoms with van der Waals surface area (Å²) in [5.74, 6) is 0.716. The quantitative estimate of drug-likeness (QED) is 0.832. The predicted molar refractivity (Wildman–Crippen MR) is 93.1 cm³/mol. The van der Waals surface area contributed by atoms with Gasteiger partial charge in [-0.2, -0.15) is 0 Å². The first kappa shape index (κ1) is 14.9. The third-order valence-corrected chi connectivity index (χ3v) is 5.53. The van der Waals surface area contributed by atoms with Gasteiger partial charge in [0.25, 0.3) is 0 Å². The number of rotatable bonds is 3. The smallest absolute Gasteiger partial charge is 0.119 e. The Balaban J connectivity index is 1.48. The van der Waals surface area contributed by atoms with Crippen LogP contribution in [-0.4, -0.2) is 23.8 Å². The lowest BCUT2D eigenvalue weighted by Gasteiger charge is -2.44. The second-order valence-electron chi connectivity index (χ2n) is 7.15. The molecule has 2 aliphatic rings. The number of benzene rings is 2. The fourth-order valence-corrected chi connectivity index (χ4v) is 4.36. The number of piperidine rings is 1. The van der Waals surface area contributed by atoms with Crippen molar-refractivity contribution < 1.29 is 4.74 Å². The van der Waals surface area contributed by atoms with Crippen LogP contribution < -0.4 is 0 Å². The standard InChI is InChI=1S/C21H25NO/c1-21-15-18(14-17-8-4-2-5-9-17)12-13-22(21)20(16-23-21)19-10-6-3-7-11-19/h2-11,18,20H,12-16H2,1H3/t18-,20+,21+/m0/s1. The van der Waals surface area contributed by atoms with Crippen LogP contribution in [0.2, 0.25) is 0 Å². The minimum atomic E-state index is -0.0990. The van der Waals surface area contributed by atoms with Crippen LogP contribution in [0.15, 0.2) is 60.7 Å². The van der Waals surface area contributed by atoms with Gasteiger partial charge in [-0.05, 0) is 43.2 Å². The lowest BCUT2D eigenvalue weighted by atomic mass is 9.84. The second-order valence-corrected chi connectivity index (χ2v) is 7.15. The van der Waals surface area contributed by atoms with Gasteiger partial charge >= 0.3 is 0 Å². The minimum Gasteiger partial charge on any atom is -0.359 e. The highest BCUT2D eigenvalue weighted by Crippen LogP contribution is 2.44. The first-order chi connectivity index (χ1) is 11.2. The molecule has 0 spiro atoms. The second kappa shape index (κ2) is 6.10. The first-order valence-corrected chi connectivity index (χ1v) is 8.74. The van der Waals surface area contributed by atoms with Gasteiger partial charge in [0.2, 0.25) is 0 Å². The summed E-state index contributed by atoms with van der Waals surface area (Å²) >= 11 is 0. The van der Waals surface area contributed by atoms with E-state index in [2.05, 4.69) is 72.5 Å². The molecule has 0 aliphatic carbocycles. The van der Waals surface area contributed by atoms with Gasteiger partial charge in [-0.25, -0.2) is 0 Å². The molecule has 0 radical (unpaired) electrons. The topological polar surface area (TPSA) is 12.5 Å². The third kappa shape index (κ3) is 2.93. The molecule has 2 aromatic carbocycles. The largest absolute Gasteiger partial charge is 0.359 e. The van der Waals surface area contributed by atoms with Crippen LogP contribution in [0.5, 0.6) is 0 Å². The zero-order valence-corrected chi connectivity index (χ0v) is 13.8. The lowest BCUT2D eigenvalue weighted by Crippen LogP contribution is -2.49. The molecule has 2 aliphatic heterocycles. The van der Waals surface area contributed by atoms with Crippen LogP contribution in [0.1, 0.15) is 36.9 Å². The zero-order chi connectivity index (χ0) is 15.7. The molecule has 3 atom stereocenters. The number of ether oxygens (including phenoxy) is 1. The maximum absolute atomic E-state index is 6.31. The summed E-state index contributed by atoms with van der Waals surface area (Å²) in [7, 11) is 0. The van der Waals surface area contributed by atoms with Crippen molar-refractivity contribution in [1.29, 1.82) is 0 Å². The molecule has 120 valence electrons. The van der Waals surface area contributed by atoms with E-state index in [0.29, 0.717) is 12.0 Å². The van der Waals surface area contributed by atoms with Crippen molar-refractivity contribution >= 4 is 0 Å². The predicted octanol–water partition coefficient (Wildman–Crippen LogP) is 4.43. The Hall–Kier alpha value is -1.64. The van der Waals surface area contributed by atoms with Crippen LogP contribution >= 0.6 is 0 Å². The monoisotopic (exact) mass is 307 g/mol. The van der Waals surface area contributed by atoms with Crippen molar-refractivity contribution in [3.8, 4) is 0 Å². The van der Waals surface area contributed by atoms with Gasteiger partial charge < -0.3 is 4.74 Å². The fraction of sp³-hybridized carbons (Fsp3) is 0.429. The van der Waals surface area contributed by atoms with Crippen molar-refractivity contribution in [2.24, 2.45) is 5.92 Å². The van der Waals surface area contributed by atoms with Crippen LogP contribution in [0.4, 0.5) is 0 Å². The summed E-state index contributed by atoms with van der Waals surface area (Å²) in [6, 6.07) is 22.1. The molecule has 0 saturated carbocycles. The summed E-state index contributed by atoms with van der Waals surface area (Å²) in [6.07, 6.45) is 3.56. The molecule has 0 N–H and O–H groups in total. The lowest BCUT2D eigenvalue weighted by molar-refractivity contribution is -0.108. The van der Waals surface area contributed by atoms with E-state index in [-0.39, 0.29) is 5.72 Å². The third-order valence-electron chi connectivity index (χ3n) is 5.53. The van der Waals surface area contributed by atoms with E-state index in [1.165, 1.54) is 24.0 Å². The van der Waals surface area contributed by atoms with Crippen LogP contribution in [0.3, 0.4) is 0 Å². The SMILES string of the molecule is C[C@@]12C[C@H](Cc3ccccc3)CCN1[C@@H](c1ccccc1)CO2. The maximum atomic E-state index is 6.31. The number of fused-ring (bicyclic) bond motifs is 1. The number of nitrogens with zero attached hydrogens (tertiary/aromatic N) is 1. The van der Waals surface area contributed by atoms with Gasteiger partial charge in [-0.1, -0.05) is 60.7 Å². The molecular formula is C21H25NO. The Labute approximate surface area is 139 Å². The van der Waals surface area contributed by atoms with Gasteiger partial charge in [0.15, 0.2) is 0 Å². The molecule has 0 aromatic heterocycles. The van der Waals surface area contributed by atoms with E-state index in [1.807, 2.05) is 0 Å². The normalized spacial score (nSPS) is 31.0.